The lowest BCUT2D eigenvalue weighted by molar-refractivity contribution is -0.155. The van der Waals surface area contributed by atoms with Gasteiger partial charge in [0.1, 0.15) is 0 Å². The Kier molecular flexibility index (Phi) is 6.05. The monoisotopic (exact) mass is 444 g/mol. The molecular formula is C24H32N2O6. The summed E-state index contributed by atoms with van der Waals surface area (Å²) in [6, 6.07) is 5.28. The van der Waals surface area contributed by atoms with Crippen LogP contribution in [0.1, 0.15) is 59.3 Å². The maximum atomic E-state index is 12.4. The molecule has 1 aromatic carbocycles. The second-order valence-electron chi connectivity index (χ2n) is 9.96. The van der Waals surface area contributed by atoms with Crippen LogP contribution in [0.2, 0.25) is 0 Å². The van der Waals surface area contributed by atoms with Gasteiger partial charge in [-0.15, -0.1) is 0 Å². The van der Waals surface area contributed by atoms with Crippen LogP contribution < -0.4 is 14.8 Å². The molecule has 1 aromatic rings. The number of amides is 2. The van der Waals surface area contributed by atoms with Gasteiger partial charge >= 0.3 is 5.97 Å². The van der Waals surface area contributed by atoms with Gasteiger partial charge in [-0.05, 0) is 37.8 Å². The largest absolute Gasteiger partial charge is 0.455 e. The van der Waals surface area contributed by atoms with E-state index in [1.54, 1.807) is 23.1 Å². The molecule has 8 heteroatoms. The molecule has 0 radical (unpaired) electrons. The number of nitrogens with zero attached hydrogens (tertiary/aromatic N) is 1. The van der Waals surface area contributed by atoms with E-state index in [4.69, 9.17) is 14.2 Å². The van der Waals surface area contributed by atoms with E-state index >= 15 is 0 Å². The first kappa shape index (κ1) is 22.4. The standard InChI is InChI=1S/C24H32N2O6/c1-23(2,3)22(29)26-12-8-16(9-13-26)21(28)30-15-20(27)25-17-6-7-18-19(14-17)32-24(31-18)10-4-5-11-24/h6-7,14,16H,4-5,8-13,15H2,1-3H3,(H,25,27). The van der Waals surface area contributed by atoms with E-state index in [1.807, 2.05) is 20.8 Å². The highest BCUT2D eigenvalue weighted by Crippen LogP contribution is 2.47. The Morgan fingerprint density at radius 1 is 1.09 bits per heavy atom. The summed E-state index contributed by atoms with van der Waals surface area (Å²) in [4.78, 5) is 38.8. The molecule has 4 rings (SSSR count). The first-order valence-electron chi connectivity index (χ1n) is 11.4. The van der Waals surface area contributed by atoms with Crippen LogP contribution in [0.15, 0.2) is 18.2 Å². The van der Waals surface area contributed by atoms with Gasteiger partial charge in [0.25, 0.3) is 11.7 Å². The highest BCUT2D eigenvalue weighted by molar-refractivity contribution is 5.93. The number of nitrogens with one attached hydrogen (secondary N) is 1. The van der Waals surface area contributed by atoms with E-state index < -0.39 is 23.1 Å². The van der Waals surface area contributed by atoms with Gasteiger partial charge in [0.15, 0.2) is 18.1 Å². The molecule has 8 nitrogen and oxygen atoms in total. The van der Waals surface area contributed by atoms with Gasteiger partial charge in [-0.2, -0.15) is 0 Å². The third-order valence-electron chi connectivity index (χ3n) is 6.29. The van der Waals surface area contributed by atoms with Crippen molar-refractivity contribution in [3.63, 3.8) is 0 Å². The zero-order chi connectivity index (χ0) is 22.9. The average Bonchev–Trinajstić information content (AvgIpc) is 3.36. The molecule has 174 valence electrons. The van der Waals surface area contributed by atoms with Crippen LogP contribution in [-0.4, -0.2) is 48.2 Å². The number of carbonyl (C=O) groups is 3. The Hall–Kier alpha value is -2.77. The third kappa shape index (κ3) is 4.84. The Morgan fingerprint density at radius 3 is 2.41 bits per heavy atom. The van der Waals surface area contributed by atoms with Crippen molar-refractivity contribution in [1.29, 1.82) is 0 Å². The molecule has 1 N–H and O–H groups in total. The van der Waals surface area contributed by atoms with E-state index in [2.05, 4.69) is 5.32 Å². The first-order chi connectivity index (χ1) is 15.2. The first-order valence-corrected chi connectivity index (χ1v) is 11.4. The van der Waals surface area contributed by atoms with Crippen molar-refractivity contribution < 1.29 is 28.6 Å². The van der Waals surface area contributed by atoms with Gasteiger partial charge in [0.2, 0.25) is 5.91 Å². The minimum atomic E-state index is -0.548. The number of benzene rings is 1. The van der Waals surface area contributed by atoms with Gasteiger partial charge in [-0.25, -0.2) is 0 Å². The summed E-state index contributed by atoms with van der Waals surface area (Å²) in [5.74, 6) is -0.241. The van der Waals surface area contributed by atoms with Crippen molar-refractivity contribution in [2.75, 3.05) is 25.0 Å². The molecule has 2 amide bonds. The average molecular weight is 445 g/mol. The molecule has 1 aliphatic carbocycles. The van der Waals surface area contributed by atoms with Gasteiger partial charge in [-0.3, -0.25) is 14.4 Å². The molecule has 0 aromatic heterocycles. The van der Waals surface area contributed by atoms with Crippen molar-refractivity contribution in [2.45, 2.75) is 65.1 Å². The zero-order valence-electron chi connectivity index (χ0n) is 19.1. The summed E-state index contributed by atoms with van der Waals surface area (Å²) in [6.07, 6.45) is 4.98. The SMILES string of the molecule is CC(C)(C)C(=O)N1CCC(C(=O)OCC(=O)Nc2ccc3c(c2)OC2(CCCC2)O3)CC1. The van der Waals surface area contributed by atoms with E-state index in [-0.39, 0.29) is 18.4 Å². The lowest BCUT2D eigenvalue weighted by Gasteiger charge is -2.34. The number of anilines is 1. The molecule has 1 saturated heterocycles. The van der Waals surface area contributed by atoms with Crippen LogP contribution >= 0.6 is 0 Å². The molecule has 1 spiro atoms. The van der Waals surface area contributed by atoms with Gasteiger partial charge in [0, 0.05) is 43.1 Å². The number of carbonyl (C=O) groups excluding carboxylic acids is 3. The van der Waals surface area contributed by atoms with E-state index in [9.17, 15) is 14.4 Å². The lowest BCUT2D eigenvalue weighted by Crippen LogP contribution is -2.45. The number of esters is 1. The number of piperidine rings is 1. The highest BCUT2D eigenvalue weighted by Gasteiger charge is 2.44. The normalized spacial score (nSPS) is 19.8. The molecule has 2 heterocycles. The number of ether oxygens (including phenoxy) is 3. The lowest BCUT2D eigenvalue weighted by atomic mass is 9.91. The topological polar surface area (TPSA) is 94.2 Å². The Bertz CT molecular complexity index is 892. The second-order valence-corrected chi connectivity index (χ2v) is 9.96. The predicted molar refractivity (Wildman–Crippen MR) is 117 cm³/mol. The fraction of sp³-hybridized carbons (Fsp3) is 0.625. The Labute approximate surface area is 188 Å². The van der Waals surface area contributed by atoms with E-state index in [0.29, 0.717) is 43.1 Å². The molecule has 0 atom stereocenters. The zero-order valence-corrected chi connectivity index (χ0v) is 19.1. The van der Waals surface area contributed by atoms with E-state index in [0.717, 1.165) is 25.7 Å². The van der Waals surface area contributed by atoms with E-state index in [1.165, 1.54) is 0 Å². The molecule has 1 saturated carbocycles. The number of hydrogen-bond acceptors (Lipinski definition) is 6. The Morgan fingerprint density at radius 2 is 1.75 bits per heavy atom. The fourth-order valence-corrected chi connectivity index (χ4v) is 4.53. The minimum absolute atomic E-state index is 0.0891. The van der Waals surface area contributed by atoms with Crippen LogP contribution in [0.5, 0.6) is 11.5 Å². The number of hydrogen-bond donors (Lipinski definition) is 1. The molecule has 2 fully saturated rings. The van der Waals surface area contributed by atoms with Crippen molar-refractivity contribution in [3.8, 4) is 11.5 Å². The number of likely N-dealkylation sites (tertiary alicyclic amines) is 1. The summed E-state index contributed by atoms with van der Waals surface area (Å²) in [5.41, 5.74) is 0.134. The van der Waals surface area contributed by atoms with Crippen LogP contribution in [-0.2, 0) is 19.1 Å². The maximum absolute atomic E-state index is 12.4. The predicted octanol–water partition coefficient (Wildman–Crippen LogP) is 3.49. The summed E-state index contributed by atoms with van der Waals surface area (Å²) < 4.78 is 17.2. The summed E-state index contributed by atoms with van der Waals surface area (Å²) in [7, 11) is 0. The smallest absolute Gasteiger partial charge is 0.309 e. The van der Waals surface area contributed by atoms with Crippen LogP contribution in [0, 0.1) is 11.3 Å². The van der Waals surface area contributed by atoms with Crippen molar-refractivity contribution >= 4 is 23.5 Å². The maximum Gasteiger partial charge on any atom is 0.309 e. The van der Waals surface area contributed by atoms with Crippen LogP contribution in [0.25, 0.3) is 0 Å². The molecule has 2 aliphatic heterocycles. The van der Waals surface area contributed by atoms with Gasteiger partial charge in [-0.1, -0.05) is 20.8 Å². The van der Waals surface area contributed by atoms with Crippen molar-refractivity contribution in [2.24, 2.45) is 11.3 Å². The molecule has 0 bridgehead atoms. The minimum Gasteiger partial charge on any atom is -0.455 e. The Balaban J connectivity index is 1.22. The third-order valence-corrected chi connectivity index (χ3v) is 6.29. The van der Waals surface area contributed by atoms with Gasteiger partial charge in [0.05, 0.1) is 5.92 Å². The second kappa shape index (κ2) is 8.64. The summed E-state index contributed by atoms with van der Waals surface area (Å²) >= 11 is 0. The molecular weight excluding hydrogens is 412 g/mol. The van der Waals surface area contributed by atoms with Crippen molar-refractivity contribution in [3.05, 3.63) is 18.2 Å². The summed E-state index contributed by atoms with van der Waals surface area (Å²) in [5, 5.41) is 2.74. The summed E-state index contributed by atoms with van der Waals surface area (Å²) in [6.45, 7) is 6.38. The van der Waals surface area contributed by atoms with Crippen molar-refractivity contribution in [1.82, 2.24) is 4.90 Å². The number of fused-ring (bicyclic) bond motifs is 1. The number of rotatable bonds is 4. The van der Waals surface area contributed by atoms with Crippen LogP contribution in [0.4, 0.5) is 5.69 Å². The highest BCUT2D eigenvalue weighted by atomic mass is 16.7. The molecule has 32 heavy (non-hydrogen) atoms. The quantitative estimate of drug-likeness (QED) is 0.715. The van der Waals surface area contributed by atoms with Gasteiger partial charge < -0.3 is 24.4 Å². The van der Waals surface area contributed by atoms with Crippen LogP contribution in [0.3, 0.4) is 0 Å². The molecule has 0 unspecified atom stereocenters. The molecule has 3 aliphatic rings. The fourth-order valence-electron chi connectivity index (χ4n) is 4.53.